The van der Waals surface area contributed by atoms with Crippen molar-refractivity contribution in [1.29, 1.82) is 0 Å². The van der Waals surface area contributed by atoms with E-state index in [1.165, 1.54) is 49.8 Å². The molecule has 0 atom stereocenters. The lowest BCUT2D eigenvalue weighted by atomic mass is 10.2. The van der Waals surface area contributed by atoms with Crippen molar-refractivity contribution in [2.75, 3.05) is 19.5 Å². The minimum Gasteiger partial charge on any atom is -0.298 e. The maximum absolute atomic E-state index is 12.4. The number of carbonyl (C=O) groups excluding carboxylic acids is 1. The Morgan fingerprint density at radius 2 is 1.88 bits per heavy atom. The first-order valence-electron chi connectivity index (χ1n) is 7.63. The van der Waals surface area contributed by atoms with Gasteiger partial charge in [-0.1, -0.05) is 21.9 Å². The van der Waals surface area contributed by atoms with Crippen LogP contribution in [-0.2, 0) is 14.9 Å². The predicted octanol–water partition coefficient (Wildman–Crippen LogP) is 3.04. The predicted molar refractivity (Wildman–Crippen MR) is 101 cm³/mol. The van der Waals surface area contributed by atoms with Crippen LogP contribution in [0.15, 0.2) is 47.4 Å². The molecule has 26 heavy (non-hydrogen) atoms. The zero-order valence-electron chi connectivity index (χ0n) is 14.4. The molecule has 9 heteroatoms. The van der Waals surface area contributed by atoms with Crippen molar-refractivity contribution in [3.05, 3.63) is 53.6 Å². The Morgan fingerprint density at radius 3 is 2.54 bits per heavy atom. The van der Waals surface area contributed by atoms with E-state index in [0.29, 0.717) is 10.7 Å². The Labute approximate surface area is 155 Å². The number of fused-ring (bicyclic) bond motifs is 1. The molecule has 0 bridgehead atoms. The fourth-order valence-electron chi connectivity index (χ4n) is 2.28. The highest BCUT2D eigenvalue weighted by molar-refractivity contribution is 7.89. The summed E-state index contributed by atoms with van der Waals surface area (Å²) < 4.78 is 26.1. The van der Waals surface area contributed by atoms with Crippen molar-refractivity contribution in [2.45, 2.75) is 11.8 Å². The van der Waals surface area contributed by atoms with Crippen molar-refractivity contribution in [2.24, 2.45) is 0 Å². The Bertz CT molecular complexity index is 1060. The van der Waals surface area contributed by atoms with Crippen LogP contribution >= 0.6 is 11.3 Å². The largest absolute Gasteiger partial charge is 0.298 e. The Balaban J connectivity index is 1.79. The van der Waals surface area contributed by atoms with Gasteiger partial charge in [-0.3, -0.25) is 14.9 Å². The van der Waals surface area contributed by atoms with Crippen LogP contribution in [0.5, 0.6) is 0 Å². The second-order valence-corrected chi connectivity index (χ2v) is 8.53. The fourth-order valence-corrected chi connectivity index (χ4v) is 4.21. The van der Waals surface area contributed by atoms with E-state index >= 15 is 0 Å². The number of benzene rings is 2. The molecule has 0 unspecified atom stereocenters. The molecular formula is C17H17N3O4S2. The molecule has 1 amide bonds. The SMILES string of the molecule is CON(C)S(=O)(=O)c1ccc(C(=O)Nc2nc3ccc(C)cc3s2)cc1. The average molecular weight is 391 g/mol. The Hall–Kier alpha value is -2.33. The molecule has 0 saturated carbocycles. The Kier molecular flexibility index (Phi) is 5.05. The first kappa shape index (κ1) is 18.5. The quantitative estimate of drug-likeness (QED) is 0.676. The molecule has 1 aromatic heterocycles. The third-order valence-corrected chi connectivity index (χ3v) is 6.40. The molecule has 7 nitrogen and oxygen atoms in total. The summed E-state index contributed by atoms with van der Waals surface area (Å²) in [7, 11) is -1.18. The van der Waals surface area contributed by atoms with Gasteiger partial charge in [0.05, 0.1) is 22.2 Å². The number of nitrogens with zero attached hydrogens (tertiary/aromatic N) is 2. The van der Waals surface area contributed by atoms with Gasteiger partial charge in [0.1, 0.15) is 0 Å². The summed E-state index contributed by atoms with van der Waals surface area (Å²) in [5, 5.41) is 3.24. The summed E-state index contributed by atoms with van der Waals surface area (Å²) in [5.41, 5.74) is 2.27. The number of aromatic nitrogens is 1. The maximum Gasteiger partial charge on any atom is 0.264 e. The second kappa shape index (κ2) is 7.12. The lowest BCUT2D eigenvalue weighted by molar-refractivity contribution is -0.0258. The number of carbonyl (C=O) groups is 1. The molecule has 0 aliphatic carbocycles. The van der Waals surface area contributed by atoms with E-state index in [0.717, 1.165) is 20.2 Å². The second-order valence-electron chi connectivity index (χ2n) is 5.57. The van der Waals surface area contributed by atoms with E-state index in [-0.39, 0.29) is 10.8 Å². The van der Waals surface area contributed by atoms with Crippen molar-refractivity contribution < 1.29 is 18.0 Å². The van der Waals surface area contributed by atoms with Crippen LogP contribution < -0.4 is 5.32 Å². The molecule has 0 aliphatic heterocycles. The van der Waals surface area contributed by atoms with Gasteiger partial charge in [-0.05, 0) is 48.9 Å². The monoisotopic (exact) mass is 391 g/mol. The highest BCUT2D eigenvalue weighted by atomic mass is 32.2. The summed E-state index contributed by atoms with van der Waals surface area (Å²) in [6, 6.07) is 11.5. The topological polar surface area (TPSA) is 88.6 Å². The molecule has 0 saturated heterocycles. The molecule has 0 aliphatic rings. The lowest BCUT2D eigenvalue weighted by Crippen LogP contribution is -2.25. The van der Waals surface area contributed by atoms with Crippen LogP contribution in [0, 0.1) is 6.92 Å². The number of rotatable bonds is 5. The summed E-state index contributed by atoms with van der Waals surface area (Å²) in [5.74, 6) is -0.357. The van der Waals surface area contributed by atoms with E-state index in [1.807, 2.05) is 25.1 Å². The number of anilines is 1. The van der Waals surface area contributed by atoms with Gasteiger partial charge in [-0.25, -0.2) is 13.4 Å². The van der Waals surface area contributed by atoms with E-state index in [4.69, 9.17) is 4.84 Å². The van der Waals surface area contributed by atoms with Gasteiger partial charge < -0.3 is 0 Å². The minimum atomic E-state index is -3.74. The van der Waals surface area contributed by atoms with Crippen molar-refractivity contribution in [1.82, 2.24) is 9.45 Å². The van der Waals surface area contributed by atoms with E-state index in [1.54, 1.807) is 0 Å². The number of sulfonamides is 1. The zero-order valence-corrected chi connectivity index (χ0v) is 16.0. The first-order chi connectivity index (χ1) is 12.3. The van der Waals surface area contributed by atoms with Gasteiger partial charge in [0.15, 0.2) is 5.13 Å². The van der Waals surface area contributed by atoms with Gasteiger partial charge in [0, 0.05) is 12.6 Å². The van der Waals surface area contributed by atoms with Crippen molar-refractivity contribution >= 4 is 42.6 Å². The molecule has 3 aromatic rings. The van der Waals surface area contributed by atoms with Gasteiger partial charge in [0.2, 0.25) is 0 Å². The molecule has 0 radical (unpaired) electrons. The number of hydrogen-bond acceptors (Lipinski definition) is 6. The van der Waals surface area contributed by atoms with Gasteiger partial charge in [-0.2, -0.15) is 0 Å². The third-order valence-electron chi connectivity index (χ3n) is 3.77. The highest BCUT2D eigenvalue weighted by Crippen LogP contribution is 2.27. The normalized spacial score (nSPS) is 11.8. The minimum absolute atomic E-state index is 0.0360. The molecule has 136 valence electrons. The molecule has 2 aromatic carbocycles. The van der Waals surface area contributed by atoms with Crippen LogP contribution in [0.25, 0.3) is 10.2 Å². The van der Waals surface area contributed by atoms with E-state index in [9.17, 15) is 13.2 Å². The number of aryl methyl sites for hydroxylation is 1. The fraction of sp³-hybridized carbons (Fsp3) is 0.176. The van der Waals surface area contributed by atoms with Gasteiger partial charge >= 0.3 is 0 Å². The summed E-state index contributed by atoms with van der Waals surface area (Å²) >= 11 is 1.39. The summed E-state index contributed by atoms with van der Waals surface area (Å²) in [4.78, 5) is 21.5. The standard InChI is InChI=1S/C17H17N3O4S2/c1-11-4-9-14-15(10-11)25-17(18-14)19-16(21)12-5-7-13(8-6-12)26(22,23)20(2)24-3/h4-10H,1-3H3,(H,18,19,21). The molecule has 3 rings (SSSR count). The van der Waals surface area contributed by atoms with Crippen LogP contribution in [0.4, 0.5) is 5.13 Å². The smallest absolute Gasteiger partial charge is 0.264 e. The number of amides is 1. The van der Waals surface area contributed by atoms with Crippen LogP contribution in [0.1, 0.15) is 15.9 Å². The molecule has 0 fully saturated rings. The third kappa shape index (κ3) is 3.61. The van der Waals surface area contributed by atoms with E-state index < -0.39 is 10.0 Å². The Morgan fingerprint density at radius 1 is 1.19 bits per heavy atom. The number of hydroxylamine groups is 1. The van der Waals surface area contributed by atoms with Crippen molar-refractivity contribution in [3.8, 4) is 0 Å². The molecular weight excluding hydrogens is 374 g/mol. The molecule has 1 heterocycles. The van der Waals surface area contributed by atoms with Crippen LogP contribution in [-0.4, -0.2) is 37.9 Å². The van der Waals surface area contributed by atoms with Gasteiger partial charge in [0.25, 0.3) is 15.9 Å². The number of hydrogen-bond donors (Lipinski definition) is 1. The molecule has 0 spiro atoms. The maximum atomic E-state index is 12.4. The number of thiazole rings is 1. The first-order valence-corrected chi connectivity index (χ1v) is 9.88. The van der Waals surface area contributed by atoms with Gasteiger partial charge in [-0.15, -0.1) is 0 Å². The van der Waals surface area contributed by atoms with E-state index in [2.05, 4.69) is 10.3 Å². The van der Waals surface area contributed by atoms with Crippen molar-refractivity contribution in [3.63, 3.8) is 0 Å². The summed E-state index contributed by atoms with van der Waals surface area (Å²) in [6.07, 6.45) is 0. The molecule has 1 N–H and O–H groups in total. The van der Waals surface area contributed by atoms with Crippen LogP contribution in [0.2, 0.25) is 0 Å². The number of nitrogens with one attached hydrogen (secondary N) is 1. The average Bonchev–Trinajstić information content (AvgIpc) is 3.02. The highest BCUT2D eigenvalue weighted by Gasteiger charge is 2.21. The summed E-state index contributed by atoms with van der Waals surface area (Å²) in [6.45, 7) is 1.99. The zero-order chi connectivity index (χ0) is 18.9. The lowest BCUT2D eigenvalue weighted by Gasteiger charge is -2.14. The van der Waals surface area contributed by atoms with Crippen LogP contribution in [0.3, 0.4) is 0 Å².